The van der Waals surface area contributed by atoms with Crippen molar-refractivity contribution in [1.29, 1.82) is 0 Å². The van der Waals surface area contributed by atoms with Crippen molar-refractivity contribution in [3.63, 3.8) is 0 Å². The minimum Gasteiger partial charge on any atom is -0.484 e. The Hall–Kier alpha value is -1.07. The van der Waals surface area contributed by atoms with Crippen LogP contribution in [0, 0.1) is 0 Å². The van der Waals surface area contributed by atoms with Crippen LogP contribution in [0.4, 0.5) is 0 Å². The van der Waals surface area contributed by atoms with Gasteiger partial charge < -0.3 is 15.2 Å². The van der Waals surface area contributed by atoms with Crippen LogP contribution in [-0.2, 0) is 4.79 Å². The number of carbonyl (C=O) groups is 1. The van der Waals surface area contributed by atoms with E-state index in [9.17, 15) is 9.90 Å². The van der Waals surface area contributed by atoms with Gasteiger partial charge in [0.25, 0.3) is 5.91 Å². The van der Waals surface area contributed by atoms with Gasteiger partial charge in [0.05, 0.1) is 5.60 Å². The lowest BCUT2D eigenvalue weighted by Crippen LogP contribution is -2.44. The number of nitrogens with one attached hydrogen (secondary N) is 1. The third-order valence-electron chi connectivity index (χ3n) is 3.81. The molecular formula is C16H22BrNO3. The molecule has 0 atom stereocenters. The van der Waals surface area contributed by atoms with Crippen LogP contribution in [0.1, 0.15) is 38.5 Å². The van der Waals surface area contributed by atoms with Crippen LogP contribution in [0.15, 0.2) is 28.7 Å². The molecule has 1 saturated carbocycles. The molecule has 0 aliphatic heterocycles. The second-order valence-corrected chi connectivity index (χ2v) is 6.58. The number of rotatable bonds is 5. The number of aliphatic hydroxyl groups is 1. The van der Waals surface area contributed by atoms with E-state index in [0.717, 1.165) is 30.2 Å². The Bertz CT molecular complexity index is 470. The molecule has 5 heteroatoms. The van der Waals surface area contributed by atoms with E-state index in [4.69, 9.17) is 4.74 Å². The van der Waals surface area contributed by atoms with Crippen molar-refractivity contribution in [3.8, 4) is 5.75 Å². The molecule has 1 aliphatic carbocycles. The molecule has 0 radical (unpaired) electrons. The van der Waals surface area contributed by atoms with E-state index in [-0.39, 0.29) is 12.5 Å². The number of benzene rings is 1. The summed E-state index contributed by atoms with van der Waals surface area (Å²) in [7, 11) is 0. The maximum atomic E-state index is 11.8. The minimum atomic E-state index is -0.748. The highest BCUT2D eigenvalue weighted by atomic mass is 79.9. The molecule has 0 heterocycles. The fourth-order valence-corrected chi connectivity index (χ4v) is 2.96. The Morgan fingerprint density at radius 2 is 2.00 bits per heavy atom. The summed E-state index contributed by atoms with van der Waals surface area (Å²) in [5, 5.41) is 13.2. The van der Waals surface area contributed by atoms with Crippen LogP contribution in [0.5, 0.6) is 5.75 Å². The number of halogens is 1. The molecule has 0 bridgehead atoms. The van der Waals surface area contributed by atoms with Crippen molar-refractivity contribution in [1.82, 2.24) is 5.32 Å². The van der Waals surface area contributed by atoms with Crippen LogP contribution < -0.4 is 10.1 Å². The van der Waals surface area contributed by atoms with Crippen LogP contribution >= 0.6 is 15.9 Å². The number of ether oxygens (including phenoxy) is 1. The molecule has 1 fully saturated rings. The normalized spacial score (nSPS) is 17.8. The lowest BCUT2D eigenvalue weighted by Gasteiger charge is -2.26. The Morgan fingerprint density at radius 1 is 1.29 bits per heavy atom. The summed E-state index contributed by atoms with van der Waals surface area (Å²) >= 11 is 3.35. The number of amides is 1. The third-order valence-corrected chi connectivity index (χ3v) is 4.31. The van der Waals surface area contributed by atoms with Gasteiger partial charge in [0.1, 0.15) is 5.75 Å². The second-order valence-electron chi connectivity index (χ2n) is 5.66. The largest absolute Gasteiger partial charge is 0.484 e. The van der Waals surface area contributed by atoms with E-state index in [2.05, 4.69) is 21.2 Å². The predicted octanol–water partition coefficient (Wildman–Crippen LogP) is 3.03. The second kappa shape index (κ2) is 7.80. The standard InChI is InChI=1S/C16H22BrNO3/c17-13-6-5-7-14(10-13)21-11-15(19)18-12-16(20)8-3-1-2-4-9-16/h5-7,10,20H,1-4,8-9,11-12H2,(H,18,19). The quantitative estimate of drug-likeness (QED) is 0.798. The van der Waals surface area contributed by atoms with Crippen molar-refractivity contribution in [3.05, 3.63) is 28.7 Å². The molecule has 21 heavy (non-hydrogen) atoms. The van der Waals surface area contributed by atoms with Gasteiger partial charge in [-0.1, -0.05) is 47.7 Å². The van der Waals surface area contributed by atoms with Gasteiger partial charge in [-0.2, -0.15) is 0 Å². The van der Waals surface area contributed by atoms with Gasteiger partial charge in [0.15, 0.2) is 6.61 Å². The third kappa shape index (κ3) is 5.67. The fourth-order valence-electron chi connectivity index (χ4n) is 2.58. The Balaban J connectivity index is 1.74. The van der Waals surface area contributed by atoms with Crippen molar-refractivity contribution in [2.45, 2.75) is 44.1 Å². The highest BCUT2D eigenvalue weighted by molar-refractivity contribution is 9.10. The maximum Gasteiger partial charge on any atom is 0.258 e. The molecule has 0 aromatic heterocycles. The van der Waals surface area contributed by atoms with Gasteiger partial charge in [-0.3, -0.25) is 4.79 Å². The molecule has 2 N–H and O–H groups in total. The minimum absolute atomic E-state index is 0.0352. The van der Waals surface area contributed by atoms with Gasteiger partial charge in [0, 0.05) is 11.0 Å². The Morgan fingerprint density at radius 3 is 2.67 bits per heavy atom. The van der Waals surface area contributed by atoms with Gasteiger partial charge in [-0.05, 0) is 31.0 Å². The lowest BCUT2D eigenvalue weighted by atomic mass is 9.94. The van der Waals surface area contributed by atoms with Crippen molar-refractivity contribution >= 4 is 21.8 Å². The Labute approximate surface area is 134 Å². The smallest absolute Gasteiger partial charge is 0.258 e. The molecule has 1 aliphatic rings. The number of hydrogen-bond acceptors (Lipinski definition) is 3. The molecule has 1 aromatic rings. The van der Waals surface area contributed by atoms with Gasteiger partial charge >= 0.3 is 0 Å². The summed E-state index contributed by atoms with van der Waals surface area (Å²) in [4.78, 5) is 11.8. The maximum absolute atomic E-state index is 11.8. The molecule has 0 saturated heterocycles. The van der Waals surface area contributed by atoms with Crippen molar-refractivity contribution in [2.75, 3.05) is 13.2 Å². The topological polar surface area (TPSA) is 58.6 Å². The first-order valence-corrected chi connectivity index (χ1v) is 8.24. The first kappa shape index (κ1) is 16.3. The summed E-state index contributed by atoms with van der Waals surface area (Å²) in [6.07, 6.45) is 5.92. The summed E-state index contributed by atoms with van der Waals surface area (Å²) in [6.45, 7) is 0.278. The molecule has 4 nitrogen and oxygen atoms in total. The highest BCUT2D eigenvalue weighted by Crippen LogP contribution is 2.26. The molecule has 0 spiro atoms. The zero-order valence-electron chi connectivity index (χ0n) is 12.1. The first-order valence-electron chi connectivity index (χ1n) is 7.45. The Kier molecular flexibility index (Phi) is 6.06. The number of hydrogen-bond donors (Lipinski definition) is 2. The summed E-state index contributed by atoms with van der Waals surface area (Å²) in [5.74, 6) is 0.445. The van der Waals surface area contributed by atoms with Crippen molar-refractivity contribution in [2.24, 2.45) is 0 Å². The van der Waals surface area contributed by atoms with Crippen LogP contribution in [-0.4, -0.2) is 29.8 Å². The van der Waals surface area contributed by atoms with Gasteiger partial charge in [-0.25, -0.2) is 0 Å². The van der Waals surface area contributed by atoms with Gasteiger partial charge in [0.2, 0.25) is 0 Å². The summed E-state index contributed by atoms with van der Waals surface area (Å²) in [6, 6.07) is 7.36. The van der Waals surface area contributed by atoms with E-state index < -0.39 is 5.60 Å². The zero-order valence-corrected chi connectivity index (χ0v) is 13.7. The highest BCUT2D eigenvalue weighted by Gasteiger charge is 2.28. The fraction of sp³-hybridized carbons (Fsp3) is 0.562. The SMILES string of the molecule is O=C(COc1cccc(Br)c1)NCC1(O)CCCCCC1. The molecule has 1 aromatic carbocycles. The monoisotopic (exact) mass is 355 g/mol. The molecular weight excluding hydrogens is 334 g/mol. The summed E-state index contributed by atoms with van der Waals surface area (Å²) in [5.41, 5.74) is -0.748. The predicted molar refractivity (Wildman–Crippen MR) is 85.3 cm³/mol. The zero-order chi connectivity index (χ0) is 15.1. The van der Waals surface area contributed by atoms with E-state index in [1.807, 2.05) is 18.2 Å². The molecule has 0 unspecified atom stereocenters. The molecule has 116 valence electrons. The average molecular weight is 356 g/mol. The van der Waals surface area contributed by atoms with Crippen LogP contribution in [0.2, 0.25) is 0 Å². The van der Waals surface area contributed by atoms with E-state index in [1.165, 1.54) is 12.8 Å². The molecule has 1 amide bonds. The first-order chi connectivity index (χ1) is 10.1. The van der Waals surface area contributed by atoms with Crippen LogP contribution in [0.25, 0.3) is 0 Å². The van der Waals surface area contributed by atoms with E-state index >= 15 is 0 Å². The van der Waals surface area contributed by atoms with E-state index in [0.29, 0.717) is 12.3 Å². The van der Waals surface area contributed by atoms with Crippen LogP contribution in [0.3, 0.4) is 0 Å². The van der Waals surface area contributed by atoms with E-state index in [1.54, 1.807) is 6.07 Å². The lowest BCUT2D eigenvalue weighted by molar-refractivity contribution is -0.124. The number of carbonyl (C=O) groups excluding carboxylic acids is 1. The molecule has 2 rings (SSSR count). The van der Waals surface area contributed by atoms with Gasteiger partial charge in [-0.15, -0.1) is 0 Å². The van der Waals surface area contributed by atoms with Crippen molar-refractivity contribution < 1.29 is 14.6 Å². The summed E-state index contributed by atoms with van der Waals surface area (Å²) < 4.78 is 6.33. The average Bonchev–Trinajstić information content (AvgIpc) is 2.68.